The number of benzene rings is 1. The molecule has 4 nitrogen and oxygen atoms in total. The molecule has 0 saturated heterocycles. The Balaban J connectivity index is 2.26. The van der Waals surface area contributed by atoms with Gasteiger partial charge in [0.2, 0.25) is 0 Å². The van der Waals surface area contributed by atoms with Crippen molar-refractivity contribution in [1.82, 2.24) is 0 Å². The number of phenols is 1. The van der Waals surface area contributed by atoms with E-state index >= 15 is 0 Å². The number of hydrogen-bond donors (Lipinski definition) is 3. The van der Waals surface area contributed by atoms with Crippen LogP contribution in [0.3, 0.4) is 0 Å². The molecule has 1 aromatic carbocycles. The highest BCUT2D eigenvalue weighted by atomic mass is 16.4. The number of carboxylic acids is 1. The predicted molar refractivity (Wildman–Crippen MR) is 59.4 cm³/mol. The molecule has 0 fully saturated rings. The Morgan fingerprint density at radius 1 is 1.44 bits per heavy atom. The van der Waals surface area contributed by atoms with Crippen LogP contribution in [0.2, 0.25) is 0 Å². The first kappa shape index (κ1) is 11.0. The van der Waals surface area contributed by atoms with Crippen LogP contribution >= 0.6 is 0 Å². The molecule has 1 atom stereocenters. The van der Waals surface area contributed by atoms with Gasteiger partial charge in [0.1, 0.15) is 11.8 Å². The van der Waals surface area contributed by atoms with Crippen molar-refractivity contribution in [1.29, 1.82) is 0 Å². The Bertz CT molecular complexity index is 429. The van der Waals surface area contributed by atoms with E-state index in [4.69, 9.17) is 10.8 Å². The van der Waals surface area contributed by atoms with E-state index in [1.165, 1.54) is 5.56 Å². The third-order valence-electron chi connectivity index (χ3n) is 3.09. The standard InChI is InChI=1S/C12H15NO3/c13-10(12(15)16)6-8-5-4-7-2-1-3-9(7)11(8)14/h4-5,10,14H,1-3,6,13H2,(H,15,16). The summed E-state index contributed by atoms with van der Waals surface area (Å²) in [6.45, 7) is 0. The lowest BCUT2D eigenvalue weighted by Gasteiger charge is -2.11. The minimum atomic E-state index is -1.04. The van der Waals surface area contributed by atoms with Gasteiger partial charge in [0, 0.05) is 6.42 Å². The summed E-state index contributed by atoms with van der Waals surface area (Å²) in [4.78, 5) is 10.6. The fraction of sp³-hybridized carbons (Fsp3) is 0.417. The summed E-state index contributed by atoms with van der Waals surface area (Å²) in [5.41, 5.74) is 8.23. The van der Waals surface area contributed by atoms with Crippen molar-refractivity contribution in [2.45, 2.75) is 31.7 Å². The molecule has 1 aliphatic rings. The maximum absolute atomic E-state index is 10.6. The molecule has 0 aromatic heterocycles. The molecule has 1 aliphatic carbocycles. The molecule has 1 aromatic rings. The number of hydrogen-bond acceptors (Lipinski definition) is 3. The van der Waals surface area contributed by atoms with Gasteiger partial charge in [-0.3, -0.25) is 4.79 Å². The van der Waals surface area contributed by atoms with Gasteiger partial charge in [-0.05, 0) is 36.0 Å². The summed E-state index contributed by atoms with van der Waals surface area (Å²) in [5, 5.41) is 18.7. The second kappa shape index (κ2) is 4.14. The number of nitrogens with two attached hydrogens (primary N) is 1. The van der Waals surface area contributed by atoms with E-state index in [0.717, 1.165) is 24.8 Å². The van der Waals surface area contributed by atoms with E-state index < -0.39 is 12.0 Å². The van der Waals surface area contributed by atoms with Crippen LogP contribution in [0.5, 0.6) is 5.75 Å². The highest BCUT2D eigenvalue weighted by Gasteiger charge is 2.20. The van der Waals surface area contributed by atoms with Gasteiger partial charge in [0.15, 0.2) is 0 Å². The highest BCUT2D eigenvalue weighted by molar-refractivity contribution is 5.73. The fourth-order valence-electron chi connectivity index (χ4n) is 2.18. The fourth-order valence-corrected chi connectivity index (χ4v) is 2.18. The summed E-state index contributed by atoms with van der Waals surface area (Å²) in [7, 11) is 0. The van der Waals surface area contributed by atoms with Crippen molar-refractivity contribution in [3.63, 3.8) is 0 Å². The van der Waals surface area contributed by atoms with Crippen LogP contribution in [0.15, 0.2) is 12.1 Å². The second-order valence-corrected chi connectivity index (χ2v) is 4.21. The van der Waals surface area contributed by atoms with Crippen molar-refractivity contribution in [2.75, 3.05) is 0 Å². The number of carbonyl (C=O) groups is 1. The number of carboxylic acid groups (broad SMARTS) is 1. The molecule has 0 bridgehead atoms. The van der Waals surface area contributed by atoms with Crippen molar-refractivity contribution in [3.05, 3.63) is 28.8 Å². The average molecular weight is 221 g/mol. The van der Waals surface area contributed by atoms with Crippen molar-refractivity contribution in [2.24, 2.45) is 5.73 Å². The average Bonchev–Trinajstić information content (AvgIpc) is 2.70. The number of fused-ring (bicyclic) bond motifs is 1. The zero-order chi connectivity index (χ0) is 11.7. The van der Waals surface area contributed by atoms with E-state index in [1.807, 2.05) is 6.07 Å². The smallest absolute Gasteiger partial charge is 0.320 e. The molecule has 0 spiro atoms. The van der Waals surface area contributed by atoms with E-state index in [-0.39, 0.29) is 12.2 Å². The van der Waals surface area contributed by atoms with E-state index in [0.29, 0.717) is 5.56 Å². The van der Waals surface area contributed by atoms with Crippen LogP contribution in [0.25, 0.3) is 0 Å². The van der Waals surface area contributed by atoms with Gasteiger partial charge < -0.3 is 15.9 Å². The molecular weight excluding hydrogens is 206 g/mol. The van der Waals surface area contributed by atoms with Gasteiger partial charge >= 0.3 is 5.97 Å². The van der Waals surface area contributed by atoms with E-state index in [2.05, 4.69) is 0 Å². The number of aryl methyl sites for hydroxylation is 1. The Labute approximate surface area is 93.7 Å². The summed E-state index contributed by atoms with van der Waals surface area (Å²) in [6, 6.07) is 2.79. The zero-order valence-electron chi connectivity index (χ0n) is 8.94. The first-order valence-electron chi connectivity index (χ1n) is 5.40. The van der Waals surface area contributed by atoms with Gasteiger partial charge in [-0.25, -0.2) is 0 Å². The summed E-state index contributed by atoms with van der Waals surface area (Å²) in [5.74, 6) is -0.799. The lowest BCUT2D eigenvalue weighted by molar-refractivity contribution is -0.138. The highest BCUT2D eigenvalue weighted by Crippen LogP contribution is 2.33. The summed E-state index contributed by atoms with van der Waals surface area (Å²) >= 11 is 0. The Hall–Kier alpha value is -1.55. The molecule has 1 unspecified atom stereocenters. The van der Waals surface area contributed by atoms with Crippen LogP contribution in [0, 0.1) is 0 Å². The Morgan fingerprint density at radius 2 is 2.19 bits per heavy atom. The third kappa shape index (κ3) is 1.88. The Morgan fingerprint density at radius 3 is 2.88 bits per heavy atom. The minimum absolute atomic E-state index is 0.175. The minimum Gasteiger partial charge on any atom is -0.507 e. The first-order chi connectivity index (χ1) is 7.59. The van der Waals surface area contributed by atoms with Gasteiger partial charge in [-0.1, -0.05) is 12.1 Å². The lowest BCUT2D eigenvalue weighted by atomic mass is 9.99. The number of phenolic OH excluding ortho intramolecular Hbond substituents is 1. The number of aliphatic carboxylic acids is 1. The quantitative estimate of drug-likeness (QED) is 0.706. The molecule has 4 N–H and O–H groups in total. The summed E-state index contributed by atoms with van der Waals surface area (Å²) in [6.07, 6.45) is 3.09. The van der Waals surface area contributed by atoms with Crippen LogP contribution < -0.4 is 5.73 Å². The van der Waals surface area contributed by atoms with Crippen LogP contribution in [0.4, 0.5) is 0 Å². The van der Waals surface area contributed by atoms with E-state index in [1.54, 1.807) is 6.07 Å². The van der Waals surface area contributed by atoms with Gasteiger partial charge in [0.25, 0.3) is 0 Å². The topological polar surface area (TPSA) is 83.5 Å². The van der Waals surface area contributed by atoms with Gasteiger partial charge in [-0.2, -0.15) is 0 Å². The van der Waals surface area contributed by atoms with Crippen molar-refractivity contribution >= 4 is 5.97 Å². The maximum Gasteiger partial charge on any atom is 0.320 e. The van der Waals surface area contributed by atoms with Gasteiger partial charge in [0.05, 0.1) is 0 Å². The molecule has 4 heteroatoms. The van der Waals surface area contributed by atoms with Crippen molar-refractivity contribution in [3.8, 4) is 5.75 Å². The Kier molecular flexibility index (Phi) is 2.83. The zero-order valence-corrected chi connectivity index (χ0v) is 8.94. The molecule has 0 heterocycles. The monoisotopic (exact) mass is 221 g/mol. The molecule has 0 radical (unpaired) electrons. The third-order valence-corrected chi connectivity index (χ3v) is 3.09. The molecule has 2 rings (SSSR count). The molecule has 0 saturated carbocycles. The lowest BCUT2D eigenvalue weighted by Crippen LogP contribution is -2.32. The van der Waals surface area contributed by atoms with Gasteiger partial charge in [-0.15, -0.1) is 0 Å². The molecule has 86 valence electrons. The summed E-state index contributed by atoms with van der Waals surface area (Å²) < 4.78 is 0. The number of rotatable bonds is 3. The molecule has 0 amide bonds. The molecule has 16 heavy (non-hydrogen) atoms. The molecule has 0 aliphatic heterocycles. The molecular formula is C12H15NO3. The largest absolute Gasteiger partial charge is 0.507 e. The second-order valence-electron chi connectivity index (χ2n) is 4.21. The maximum atomic E-state index is 10.6. The SMILES string of the molecule is NC(Cc1ccc2c(c1O)CCC2)C(=O)O. The van der Waals surface area contributed by atoms with Crippen molar-refractivity contribution < 1.29 is 15.0 Å². The van der Waals surface area contributed by atoms with Crippen LogP contribution in [-0.4, -0.2) is 22.2 Å². The van der Waals surface area contributed by atoms with Crippen LogP contribution in [0.1, 0.15) is 23.1 Å². The van der Waals surface area contributed by atoms with Crippen LogP contribution in [-0.2, 0) is 24.1 Å². The normalized spacial score (nSPS) is 15.8. The first-order valence-corrected chi connectivity index (χ1v) is 5.40. The number of aromatic hydroxyl groups is 1. The van der Waals surface area contributed by atoms with E-state index in [9.17, 15) is 9.90 Å². The predicted octanol–water partition coefficient (Wildman–Crippen LogP) is 0.835.